The highest BCUT2D eigenvalue weighted by Crippen LogP contribution is 2.30. The third-order valence-electron chi connectivity index (χ3n) is 3.99. The Morgan fingerprint density at radius 3 is 2.47 bits per heavy atom. The molecule has 3 nitrogen and oxygen atoms in total. The van der Waals surface area contributed by atoms with Gasteiger partial charge in [0, 0.05) is 6.54 Å². The van der Waals surface area contributed by atoms with Crippen LogP contribution in [0.25, 0.3) is 0 Å². The van der Waals surface area contributed by atoms with Crippen molar-refractivity contribution in [3.63, 3.8) is 0 Å². The van der Waals surface area contributed by atoms with E-state index in [-0.39, 0.29) is 5.46 Å². The number of piperidine rings is 1. The molecule has 2 rings (SSSR count). The average Bonchev–Trinajstić information content (AvgIpc) is 2.33. The largest absolute Gasteiger partial charge is 0.488 e. The van der Waals surface area contributed by atoms with Crippen LogP contribution in [-0.4, -0.2) is 35.2 Å². The van der Waals surface area contributed by atoms with Gasteiger partial charge >= 0.3 is 7.12 Å². The molecular weight excluding hydrogens is 244 g/mol. The number of likely N-dealkylation sites (tertiary alicyclic amines) is 1. The molecule has 1 aliphatic heterocycles. The Bertz CT molecular complexity index is 441. The van der Waals surface area contributed by atoms with E-state index in [0.717, 1.165) is 31.5 Å². The Morgan fingerprint density at radius 2 is 1.89 bits per heavy atom. The first-order valence-corrected chi connectivity index (χ1v) is 6.74. The van der Waals surface area contributed by atoms with E-state index < -0.39 is 12.9 Å². The summed E-state index contributed by atoms with van der Waals surface area (Å²) in [5.74, 6) is -0.438. The molecule has 1 aromatic carbocycles. The minimum absolute atomic E-state index is 0.268. The van der Waals surface area contributed by atoms with E-state index in [0.29, 0.717) is 12.0 Å². The minimum atomic E-state index is -1.62. The van der Waals surface area contributed by atoms with Gasteiger partial charge in [-0.3, -0.25) is 4.90 Å². The molecule has 1 aromatic rings. The fourth-order valence-electron chi connectivity index (χ4n) is 2.51. The lowest BCUT2D eigenvalue weighted by Crippen LogP contribution is -2.40. The number of halogens is 1. The molecule has 19 heavy (non-hydrogen) atoms. The zero-order chi connectivity index (χ0) is 14.0. The van der Waals surface area contributed by atoms with Crippen molar-refractivity contribution in [2.24, 2.45) is 5.41 Å². The summed E-state index contributed by atoms with van der Waals surface area (Å²) in [5.41, 5.74) is 1.44. The van der Waals surface area contributed by atoms with Crippen molar-refractivity contribution in [1.82, 2.24) is 4.90 Å². The van der Waals surface area contributed by atoms with Crippen LogP contribution in [0.15, 0.2) is 18.2 Å². The molecule has 0 aromatic heterocycles. The van der Waals surface area contributed by atoms with E-state index in [1.807, 2.05) is 0 Å². The molecule has 0 spiro atoms. The molecule has 0 unspecified atom stereocenters. The highest BCUT2D eigenvalue weighted by atomic mass is 19.1. The number of hydrogen-bond donors (Lipinski definition) is 2. The number of nitrogens with zero attached hydrogens (tertiary/aromatic N) is 1. The zero-order valence-electron chi connectivity index (χ0n) is 11.6. The summed E-state index contributed by atoms with van der Waals surface area (Å²) in [6.45, 7) is 7.16. The van der Waals surface area contributed by atoms with Crippen molar-refractivity contribution in [3.05, 3.63) is 29.6 Å². The third kappa shape index (κ3) is 3.78. The van der Waals surface area contributed by atoms with E-state index in [1.54, 1.807) is 6.07 Å². The van der Waals surface area contributed by atoms with Crippen LogP contribution in [0, 0.1) is 11.2 Å². The summed E-state index contributed by atoms with van der Waals surface area (Å²) in [7, 11) is -1.62. The summed E-state index contributed by atoms with van der Waals surface area (Å²) >= 11 is 0. The molecule has 0 atom stereocenters. The lowest BCUT2D eigenvalue weighted by molar-refractivity contribution is 0.127. The molecule has 2 N–H and O–H groups in total. The van der Waals surface area contributed by atoms with Gasteiger partial charge in [0.15, 0.2) is 0 Å². The van der Waals surface area contributed by atoms with Gasteiger partial charge in [-0.05, 0) is 54.5 Å². The minimum Gasteiger partial charge on any atom is -0.423 e. The molecule has 1 aliphatic rings. The van der Waals surface area contributed by atoms with Gasteiger partial charge in [-0.1, -0.05) is 19.9 Å². The molecule has 0 amide bonds. The quantitative estimate of drug-likeness (QED) is 0.805. The Morgan fingerprint density at radius 1 is 1.26 bits per heavy atom. The molecule has 1 heterocycles. The van der Waals surface area contributed by atoms with Crippen molar-refractivity contribution >= 4 is 12.6 Å². The van der Waals surface area contributed by atoms with E-state index in [4.69, 9.17) is 0 Å². The maximum atomic E-state index is 13.2. The fraction of sp³-hybridized carbons (Fsp3) is 0.571. The van der Waals surface area contributed by atoms with Gasteiger partial charge in [-0.15, -0.1) is 0 Å². The number of hydrogen-bond acceptors (Lipinski definition) is 3. The average molecular weight is 265 g/mol. The first-order valence-electron chi connectivity index (χ1n) is 6.74. The lowest BCUT2D eigenvalue weighted by atomic mass is 9.76. The van der Waals surface area contributed by atoms with Crippen LogP contribution in [0.5, 0.6) is 0 Å². The Hall–Kier alpha value is -0.905. The summed E-state index contributed by atoms with van der Waals surface area (Å²) in [6.07, 6.45) is 2.26. The first-order chi connectivity index (χ1) is 8.87. The monoisotopic (exact) mass is 265 g/mol. The highest BCUT2D eigenvalue weighted by Gasteiger charge is 2.26. The van der Waals surface area contributed by atoms with Gasteiger partial charge in [0.05, 0.1) is 0 Å². The van der Waals surface area contributed by atoms with Crippen LogP contribution in [0.1, 0.15) is 32.3 Å². The van der Waals surface area contributed by atoms with Gasteiger partial charge in [0.2, 0.25) is 0 Å². The van der Waals surface area contributed by atoms with E-state index in [1.165, 1.54) is 12.1 Å². The molecule has 0 aliphatic carbocycles. The molecule has 5 heteroatoms. The van der Waals surface area contributed by atoms with Crippen LogP contribution in [0.2, 0.25) is 0 Å². The van der Waals surface area contributed by atoms with Crippen LogP contribution in [0.3, 0.4) is 0 Å². The maximum Gasteiger partial charge on any atom is 0.488 e. The zero-order valence-corrected chi connectivity index (χ0v) is 11.6. The predicted molar refractivity (Wildman–Crippen MR) is 74.5 cm³/mol. The van der Waals surface area contributed by atoms with Crippen LogP contribution in [-0.2, 0) is 6.54 Å². The summed E-state index contributed by atoms with van der Waals surface area (Å²) < 4.78 is 13.2. The van der Waals surface area contributed by atoms with Crippen LogP contribution >= 0.6 is 0 Å². The SMILES string of the molecule is CC1(C)CCN(Cc2ccc(F)cc2B(O)O)CC1. The van der Waals surface area contributed by atoms with E-state index >= 15 is 0 Å². The van der Waals surface area contributed by atoms with Crippen molar-refractivity contribution in [1.29, 1.82) is 0 Å². The van der Waals surface area contributed by atoms with E-state index in [9.17, 15) is 14.4 Å². The van der Waals surface area contributed by atoms with Crippen LogP contribution < -0.4 is 5.46 Å². The number of benzene rings is 1. The maximum absolute atomic E-state index is 13.2. The molecular formula is C14H21BFNO2. The van der Waals surface area contributed by atoms with Gasteiger partial charge in [-0.2, -0.15) is 0 Å². The molecule has 1 saturated heterocycles. The molecule has 1 fully saturated rings. The Kier molecular flexibility index (Phi) is 4.28. The van der Waals surface area contributed by atoms with Crippen molar-refractivity contribution in [2.45, 2.75) is 33.2 Å². The molecule has 0 radical (unpaired) electrons. The van der Waals surface area contributed by atoms with Gasteiger partial charge in [-0.25, -0.2) is 4.39 Å². The second-order valence-corrected chi connectivity index (χ2v) is 6.16. The summed E-state index contributed by atoms with van der Waals surface area (Å²) in [5, 5.41) is 18.6. The Balaban J connectivity index is 2.07. The van der Waals surface area contributed by atoms with Gasteiger partial charge < -0.3 is 10.0 Å². The lowest BCUT2D eigenvalue weighted by Gasteiger charge is -2.37. The van der Waals surface area contributed by atoms with Crippen LogP contribution in [0.4, 0.5) is 4.39 Å². The molecule has 0 saturated carbocycles. The molecule has 0 bridgehead atoms. The predicted octanol–water partition coefficient (Wildman–Crippen LogP) is 1.13. The summed E-state index contributed by atoms with van der Waals surface area (Å²) in [4.78, 5) is 2.28. The standard InChI is InChI=1S/C14H21BFNO2/c1-14(2)5-7-17(8-6-14)10-11-3-4-12(16)9-13(11)15(18)19/h3-4,9,18-19H,5-8,10H2,1-2H3. The van der Waals surface area contributed by atoms with Crippen molar-refractivity contribution in [2.75, 3.05) is 13.1 Å². The normalized spacial score (nSPS) is 19.4. The van der Waals surface area contributed by atoms with Crippen molar-refractivity contribution in [3.8, 4) is 0 Å². The smallest absolute Gasteiger partial charge is 0.423 e. The highest BCUT2D eigenvalue weighted by molar-refractivity contribution is 6.59. The fourth-order valence-corrected chi connectivity index (χ4v) is 2.51. The second kappa shape index (κ2) is 5.61. The van der Waals surface area contributed by atoms with Crippen molar-refractivity contribution < 1.29 is 14.4 Å². The van der Waals surface area contributed by atoms with Gasteiger partial charge in [0.1, 0.15) is 5.82 Å². The first kappa shape index (κ1) is 14.5. The third-order valence-corrected chi connectivity index (χ3v) is 3.99. The van der Waals surface area contributed by atoms with Gasteiger partial charge in [0.25, 0.3) is 0 Å². The summed E-state index contributed by atoms with van der Waals surface area (Å²) in [6, 6.07) is 4.22. The second-order valence-electron chi connectivity index (χ2n) is 6.16. The molecule has 104 valence electrons. The van der Waals surface area contributed by atoms with E-state index in [2.05, 4.69) is 18.7 Å². The Labute approximate surface area is 114 Å². The number of rotatable bonds is 3. The topological polar surface area (TPSA) is 43.7 Å².